The Morgan fingerprint density at radius 2 is 1.97 bits per heavy atom. The van der Waals surface area contributed by atoms with Crippen molar-refractivity contribution in [1.82, 2.24) is 15.2 Å². The molecular weight excluding hydrogens is 366 g/mol. The molecule has 1 aliphatic heterocycles. The SMILES string of the molecule is Cc1ccc(C(=O)Nc2nc[nH]n2)cc1-c1ccc2c(c1)NC(=O)C21CCCC1. The number of H-pyrrole nitrogens is 1. The maximum Gasteiger partial charge on any atom is 0.258 e. The standard InChI is InChI=1S/C22H21N5O2/c1-13-4-5-15(19(28)26-21-23-12-24-27-21)10-16(13)14-6-7-17-18(11-14)25-20(29)22(17)8-2-3-9-22/h4-7,10-12H,2-3,8-9H2,1H3,(H,25,29)(H2,23,24,26,27,28). The average molecular weight is 387 g/mol. The zero-order valence-electron chi connectivity index (χ0n) is 16.1. The Morgan fingerprint density at radius 3 is 2.72 bits per heavy atom. The molecular formula is C22H21N5O2. The summed E-state index contributed by atoms with van der Waals surface area (Å²) in [6.45, 7) is 2.01. The molecule has 3 aromatic rings. The Hall–Kier alpha value is -3.48. The van der Waals surface area contributed by atoms with Gasteiger partial charge in [0.1, 0.15) is 6.33 Å². The van der Waals surface area contributed by atoms with Gasteiger partial charge in [0, 0.05) is 11.3 Å². The lowest BCUT2D eigenvalue weighted by Gasteiger charge is -2.20. The van der Waals surface area contributed by atoms with Crippen LogP contribution in [0.15, 0.2) is 42.7 Å². The number of hydrogen-bond acceptors (Lipinski definition) is 4. The van der Waals surface area contributed by atoms with Crippen LogP contribution in [0.4, 0.5) is 11.6 Å². The van der Waals surface area contributed by atoms with E-state index in [0.717, 1.165) is 53.6 Å². The molecule has 2 heterocycles. The van der Waals surface area contributed by atoms with Crippen molar-refractivity contribution in [2.75, 3.05) is 10.6 Å². The van der Waals surface area contributed by atoms with Gasteiger partial charge in [0.15, 0.2) is 0 Å². The number of nitrogens with zero attached hydrogens (tertiary/aromatic N) is 2. The third-order valence-electron chi connectivity index (χ3n) is 6.13. The van der Waals surface area contributed by atoms with E-state index >= 15 is 0 Å². The van der Waals surface area contributed by atoms with E-state index < -0.39 is 0 Å². The third-order valence-corrected chi connectivity index (χ3v) is 6.13. The molecule has 29 heavy (non-hydrogen) atoms. The van der Waals surface area contributed by atoms with Gasteiger partial charge in [0.05, 0.1) is 5.41 Å². The van der Waals surface area contributed by atoms with Crippen LogP contribution in [-0.4, -0.2) is 27.0 Å². The average Bonchev–Trinajstić information content (AvgIpc) is 3.45. The summed E-state index contributed by atoms with van der Waals surface area (Å²) in [6, 6.07) is 11.7. The fourth-order valence-corrected chi connectivity index (χ4v) is 4.59. The van der Waals surface area contributed by atoms with E-state index in [1.165, 1.54) is 6.33 Å². The fourth-order valence-electron chi connectivity index (χ4n) is 4.59. The van der Waals surface area contributed by atoms with Gasteiger partial charge in [0.2, 0.25) is 11.9 Å². The number of aryl methyl sites for hydroxylation is 1. The van der Waals surface area contributed by atoms with Gasteiger partial charge < -0.3 is 5.32 Å². The number of benzene rings is 2. The van der Waals surface area contributed by atoms with Crippen molar-refractivity contribution in [3.63, 3.8) is 0 Å². The summed E-state index contributed by atoms with van der Waals surface area (Å²) in [5, 5.41) is 12.2. The zero-order valence-corrected chi connectivity index (χ0v) is 16.1. The smallest absolute Gasteiger partial charge is 0.258 e. The molecule has 1 aromatic heterocycles. The predicted octanol–water partition coefficient (Wildman–Crippen LogP) is 3.80. The number of anilines is 2. The highest BCUT2D eigenvalue weighted by Gasteiger charge is 2.48. The second-order valence-electron chi connectivity index (χ2n) is 7.81. The predicted molar refractivity (Wildman–Crippen MR) is 110 cm³/mol. The molecule has 0 bridgehead atoms. The highest BCUT2D eigenvalue weighted by atomic mass is 16.2. The fraction of sp³-hybridized carbons (Fsp3) is 0.273. The monoisotopic (exact) mass is 387 g/mol. The van der Waals surface area contributed by atoms with Crippen LogP contribution in [0.5, 0.6) is 0 Å². The number of rotatable bonds is 3. The van der Waals surface area contributed by atoms with Crippen molar-refractivity contribution < 1.29 is 9.59 Å². The van der Waals surface area contributed by atoms with Gasteiger partial charge in [-0.25, -0.2) is 4.98 Å². The summed E-state index contributed by atoms with van der Waals surface area (Å²) in [6.07, 6.45) is 5.43. The van der Waals surface area contributed by atoms with Crippen LogP contribution in [0.25, 0.3) is 11.1 Å². The molecule has 1 spiro atoms. The van der Waals surface area contributed by atoms with Gasteiger partial charge in [-0.05, 0) is 60.2 Å². The van der Waals surface area contributed by atoms with Crippen molar-refractivity contribution in [3.8, 4) is 11.1 Å². The van der Waals surface area contributed by atoms with Crippen molar-refractivity contribution >= 4 is 23.5 Å². The zero-order chi connectivity index (χ0) is 20.0. The molecule has 1 fully saturated rings. The van der Waals surface area contributed by atoms with Gasteiger partial charge in [0.25, 0.3) is 5.91 Å². The van der Waals surface area contributed by atoms with E-state index in [0.29, 0.717) is 5.56 Å². The molecule has 0 radical (unpaired) electrons. The summed E-state index contributed by atoms with van der Waals surface area (Å²) in [5.41, 5.74) is 5.17. The molecule has 0 saturated heterocycles. The van der Waals surface area contributed by atoms with E-state index in [1.807, 2.05) is 25.1 Å². The van der Waals surface area contributed by atoms with Gasteiger partial charge in [-0.2, -0.15) is 0 Å². The molecule has 0 unspecified atom stereocenters. The minimum Gasteiger partial charge on any atom is -0.325 e. The number of nitrogens with one attached hydrogen (secondary N) is 3. The van der Waals surface area contributed by atoms with Crippen LogP contribution in [0, 0.1) is 6.92 Å². The van der Waals surface area contributed by atoms with Crippen LogP contribution < -0.4 is 10.6 Å². The molecule has 0 atom stereocenters. The number of aromatic nitrogens is 3. The first kappa shape index (κ1) is 17.6. The molecule has 7 heteroatoms. The third kappa shape index (κ3) is 2.81. The molecule has 5 rings (SSSR count). The molecule has 2 aliphatic rings. The van der Waals surface area contributed by atoms with Crippen LogP contribution >= 0.6 is 0 Å². The van der Waals surface area contributed by atoms with Crippen molar-refractivity contribution in [2.24, 2.45) is 0 Å². The molecule has 7 nitrogen and oxygen atoms in total. The van der Waals surface area contributed by atoms with E-state index in [4.69, 9.17) is 0 Å². The van der Waals surface area contributed by atoms with Gasteiger partial charge in [-0.3, -0.25) is 20.0 Å². The first-order valence-corrected chi connectivity index (χ1v) is 9.81. The van der Waals surface area contributed by atoms with Crippen LogP contribution in [0.3, 0.4) is 0 Å². The van der Waals surface area contributed by atoms with Crippen molar-refractivity contribution in [2.45, 2.75) is 38.0 Å². The molecule has 1 saturated carbocycles. The number of amides is 2. The van der Waals surface area contributed by atoms with E-state index in [-0.39, 0.29) is 23.2 Å². The Bertz CT molecular complexity index is 1110. The molecule has 146 valence electrons. The van der Waals surface area contributed by atoms with E-state index in [1.54, 1.807) is 6.07 Å². The lowest BCUT2D eigenvalue weighted by Crippen LogP contribution is -2.30. The van der Waals surface area contributed by atoms with Crippen LogP contribution in [-0.2, 0) is 10.2 Å². The van der Waals surface area contributed by atoms with Gasteiger partial charge in [-0.1, -0.05) is 31.0 Å². The van der Waals surface area contributed by atoms with E-state index in [2.05, 4.69) is 37.9 Å². The molecule has 1 aliphatic carbocycles. The topological polar surface area (TPSA) is 99.8 Å². The number of aromatic amines is 1. The first-order chi connectivity index (χ1) is 14.1. The largest absolute Gasteiger partial charge is 0.325 e. The number of fused-ring (bicyclic) bond motifs is 2. The summed E-state index contributed by atoms with van der Waals surface area (Å²) >= 11 is 0. The van der Waals surface area contributed by atoms with Crippen LogP contribution in [0.2, 0.25) is 0 Å². The lowest BCUT2D eigenvalue weighted by atomic mass is 9.79. The summed E-state index contributed by atoms with van der Waals surface area (Å²) in [5.74, 6) is 0.0861. The molecule has 2 amide bonds. The second-order valence-corrected chi connectivity index (χ2v) is 7.81. The molecule has 2 aromatic carbocycles. The van der Waals surface area contributed by atoms with E-state index in [9.17, 15) is 9.59 Å². The van der Waals surface area contributed by atoms with Gasteiger partial charge >= 0.3 is 0 Å². The maximum absolute atomic E-state index is 12.7. The number of carbonyl (C=O) groups is 2. The summed E-state index contributed by atoms with van der Waals surface area (Å²) in [7, 11) is 0. The summed E-state index contributed by atoms with van der Waals surface area (Å²) in [4.78, 5) is 29.2. The Kier molecular flexibility index (Phi) is 3.97. The minimum atomic E-state index is -0.346. The minimum absolute atomic E-state index is 0.124. The summed E-state index contributed by atoms with van der Waals surface area (Å²) < 4.78 is 0. The highest BCUT2D eigenvalue weighted by Crippen LogP contribution is 2.49. The number of hydrogen-bond donors (Lipinski definition) is 3. The Labute approximate surface area is 167 Å². The van der Waals surface area contributed by atoms with Gasteiger partial charge in [-0.15, -0.1) is 5.10 Å². The Balaban J connectivity index is 1.49. The van der Waals surface area contributed by atoms with Crippen molar-refractivity contribution in [1.29, 1.82) is 0 Å². The lowest BCUT2D eigenvalue weighted by molar-refractivity contribution is -0.120. The quantitative estimate of drug-likeness (QED) is 0.636. The van der Waals surface area contributed by atoms with Crippen LogP contribution in [0.1, 0.15) is 47.2 Å². The highest BCUT2D eigenvalue weighted by molar-refractivity contribution is 6.07. The maximum atomic E-state index is 12.7. The molecule has 3 N–H and O–H groups in total. The first-order valence-electron chi connectivity index (χ1n) is 9.81. The normalized spacial score (nSPS) is 16.7. The van der Waals surface area contributed by atoms with Crippen molar-refractivity contribution in [3.05, 3.63) is 59.4 Å². The second kappa shape index (κ2) is 6.55. The Morgan fingerprint density at radius 1 is 1.14 bits per heavy atom. The number of carbonyl (C=O) groups excluding carboxylic acids is 2.